The quantitative estimate of drug-likeness (QED) is 0.641. The van der Waals surface area contributed by atoms with E-state index in [-0.39, 0.29) is 0 Å². The number of aryl methyl sites for hydroxylation is 1. The number of imidazole rings is 1. The summed E-state index contributed by atoms with van der Waals surface area (Å²) in [4.78, 5) is 7.82. The van der Waals surface area contributed by atoms with E-state index < -0.39 is 0 Å². The monoisotopic (exact) mass is 335 g/mol. The number of benzene rings is 2. The summed E-state index contributed by atoms with van der Waals surface area (Å²) in [7, 11) is 0. The van der Waals surface area contributed by atoms with E-state index in [9.17, 15) is 0 Å². The van der Waals surface area contributed by atoms with Gasteiger partial charge in [-0.25, -0.2) is 4.98 Å². The Hall–Kier alpha value is -1.52. The third kappa shape index (κ3) is 2.22. The van der Waals surface area contributed by atoms with Crippen LogP contribution in [0.1, 0.15) is 5.56 Å². The lowest BCUT2D eigenvalue weighted by Crippen LogP contribution is -1.90. The Morgan fingerprint density at radius 1 is 1.26 bits per heavy atom. The molecular formula is C14H11BrClN3. The van der Waals surface area contributed by atoms with Crippen molar-refractivity contribution in [2.45, 2.75) is 6.92 Å². The fraction of sp³-hybridized carbons (Fsp3) is 0.0714. The second-order valence-corrected chi connectivity index (χ2v) is 5.76. The lowest BCUT2D eigenvalue weighted by atomic mass is 10.1. The van der Waals surface area contributed by atoms with Gasteiger partial charge in [-0.15, -0.1) is 0 Å². The van der Waals surface area contributed by atoms with Crippen LogP contribution in [0.3, 0.4) is 0 Å². The Labute approximate surface area is 123 Å². The Morgan fingerprint density at radius 2 is 2.05 bits per heavy atom. The van der Waals surface area contributed by atoms with E-state index in [1.54, 1.807) is 0 Å². The normalized spacial score (nSPS) is 11.1. The number of anilines is 1. The highest BCUT2D eigenvalue weighted by Gasteiger charge is 2.09. The van der Waals surface area contributed by atoms with Crippen molar-refractivity contribution < 1.29 is 0 Å². The molecule has 0 aliphatic carbocycles. The Balaban J connectivity index is 2.20. The zero-order chi connectivity index (χ0) is 13.6. The van der Waals surface area contributed by atoms with Crippen LogP contribution in [0, 0.1) is 6.92 Å². The summed E-state index contributed by atoms with van der Waals surface area (Å²) in [6.07, 6.45) is 0. The first-order chi connectivity index (χ1) is 9.04. The Kier molecular flexibility index (Phi) is 2.99. The fourth-order valence-electron chi connectivity index (χ4n) is 2.00. The molecule has 0 radical (unpaired) electrons. The molecule has 0 unspecified atom stereocenters. The molecule has 3 nitrogen and oxygen atoms in total. The fourth-order valence-corrected chi connectivity index (χ4v) is 2.85. The van der Waals surface area contributed by atoms with Gasteiger partial charge in [0.1, 0.15) is 11.3 Å². The largest absolute Gasteiger partial charge is 0.399 e. The first-order valence-electron chi connectivity index (χ1n) is 5.76. The number of nitrogens with one attached hydrogen (secondary N) is 1. The Bertz CT molecular complexity index is 780. The highest BCUT2D eigenvalue weighted by Crippen LogP contribution is 2.29. The van der Waals surface area contributed by atoms with Gasteiger partial charge in [0.2, 0.25) is 0 Å². The van der Waals surface area contributed by atoms with Gasteiger partial charge in [-0.2, -0.15) is 0 Å². The molecule has 3 N–H and O–H groups in total. The molecule has 0 fully saturated rings. The molecule has 1 aromatic heterocycles. The zero-order valence-electron chi connectivity index (χ0n) is 10.2. The van der Waals surface area contributed by atoms with Gasteiger partial charge >= 0.3 is 0 Å². The van der Waals surface area contributed by atoms with Crippen LogP contribution in [0.4, 0.5) is 5.69 Å². The molecule has 1 heterocycles. The van der Waals surface area contributed by atoms with Crippen LogP contribution in [0.5, 0.6) is 0 Å². The van der Waals surface area contributed by atoms with Crippen LogP contribution in [0.2, 0.25) is 5.02 Å². The van der Waals surface area contributed by atoms with Gasteiger partial charge < -0.3 is 10.7 Å². The van der Waals surface area contributed by atoms with Crippen molar-refractivity contribution in [1.82, 2.24) is 9.97 Å². The Morgan fingerprint density at radius 3 is 2.79 bits per heavy atom. The van der Waals surface area contributed by atoms with Gasteiger partial charge in [0.15, 0.2) is 0 Å². The minimum absolute atomic E-state index is 0.624. The molecule has 2 aromatic carbocycles. The van der Waals surface area contributed by atoms with Gasteiger partial charge in [0.25, 0.3) is 0 Å². The number of hydrogen-bond donors (Lipinski definition) is 2. The molecular weight excluding hydrogens is 326 g/mol. The molecule has 19 heavy (non-hydrogen) atoms. The van der Waals surface area contributed by atoms with Gasteiger partial charge in [0, 0.05) is 15.7 Å². The van der Waals surface area contributed by atoms with Crippen LogP contribution in [-0.4, -0.2) is 9.97 Å². The van der Waals surface area contributed by atoms with Crippen LogP contribution in [0.15, 0.2) is 34.8 Å². The summed E-state index contributed by atoms with van der Waals surface area (Å²) in [5, 5.41) is 0.624. The van der Waals surface area contributed by atoms with Crippen LogP contribution in [-0.2, 0) is 0 Å². The third-order valence-corrected chi connectivity index (χ3v) is 3.79. The molecule has 3 aromatic rings. The predicted molar refractivity (Wildman–Crippen MR) is 83.4 cm³/mol. The molecule has 3 rings (SSSR count). The summed E-state index contributed by atoms with van der Waals surface area (Å²) in [5.74, 6) is 0.790. The first-order valence-corrected chi connectivity index (χ1v) is 6.93. The smallest absolute Gasteiger partial charge is 0.138 e. The van der Waals surface area contributed by atoms with Crippen molar-refractivity contribution in [1.29, 1.82) is 0 Å². The summed E-state index contributed by atoms with van der Waals surface area (Å²) in [6.45, 7) is 1.98. The molecule has 0 saturated carbocycles. The highest BCUT2D eigenvalue weighted by atomic mass is 79.9. The third-order valence-electron chi connectivity index (χ3n) is 3.05. The van der Waals surface area contributed by atoms with E-state index in [0.29, 0.717) is 5.02 Å². The van der Waals surface area contributed by atoms with Gasteiger partial charge in [-0.1, -0.05) is 27.5 Å². The summed E-state index contributed by atoms with van der Waals surface area (Å²) in [5.41, 5.74) is 10.3. The molecule has 0 aliphatic rings. The van der Waals surface area contributed by atoms with Crippen LogP contribution >= 0.6 is 27.5 Å². The van der Waals surface area contributed by atoms with E-state index in [1.807, 2.05) is 37.3 Å². The molecule has 0 amide bonds. The zero-order valence-corrected chi connectivity index (χ0v) is 12.5. The van der Waals surface area contributed by atoms with Crippen LogP contribution < -0.4 is 5.73 Å². The number of halogens is 2. The molecule has 0 saturated heterocycles. The van der Waals surface area contributed by atoms with Crippen molar-refractivity contribution in [3.63, 3.8) is 0 Å². The van der Waals surface area contributed by atoms with Crippen molar-refractivity contribution >= 4 is 44.3 Å². The minimum atomic E-state index is 0.624. The second kappa shape index (κ2) is 4.54. The molecule has 96 valence electrons. The van der Waals surface area contributed by atoms with E-state index >= 15 is 0 Å². The number of aromatic amines is 1. The number of nitrogen functional groups attached to an aromatic ring is 1. The number of nitrogens with zero attached hydrogens (tertiary/aromatic N) is 1. The van der Waals surface area contributed by atoms with Crippen molar-refractivity contribution in [2.24, 2.45) is 0 Å². The number of hydrogen-bond acceptors (Lipinski definition) is 2. The second-order valence-electron chi connectivity index (χ2n) is 4.44. The SMILES string of the molecule is Cc1cc(-c2nc3c(Cl)cc(Br)cc3[nH]2)ccc1N. The minimum Gasteiger partial charge on any atom is -0.399 e. The topological polar surface area (TPSA) is 54.7 Å². The molecule has 0 bridgehead atoms. The average Bonchev–Trinajstić information content (AvgIpc) is 2.76. The van der Waals surface area contributed by atoms with Gasteiger partial charge in [0.05, 0.1) is 10.5 Å². The number of nitrogens with two attached hydrogens (primary N) is 1. The van der Waals surface area contributed by atoms with Gasteiger partial charge in [-0.05, 0) is 42.8 Å². The molecule has 0 aliphatic heterocycles. The summed E-state index contributed by atoms with van der Waals surface area (Å²) < 4.78 is 0.925. The summed E-state index contributed by atoms with van der Waals surface area (Å²) in [6, 6.07) is 9.64. The number of H-pyrrole nitrogens is 1. The van der Waals surface area contributed by atoms with E-state index in [4.69, 9.17) is 17.3 Å². The predicted octanol–water partition coefficient (Wildman–Crippen LogP) is 4.54. The number of fused-ring (bicyclic) bond motifs is 1. The number of rotatable bonds is 1. The van der Waals surface area contributed by atoms with E-state index in [0.717, 1.165) is 38.1 Å². The van der Waals surface area contributed by atoms with Crippen LogP contribution in [0.25, 0.3) is 22.4 Å². The standard InChI is InChI=1S/C14H11BrClN3/c1-7-4-8(2-3-11(7)17)14-18-12-6-9(15)5-10(16)13(12)19-14/h2-6H,17H2,1H3,(H,18,19). The number of aromatic nitrogens is 2. The van der Waals surface area contributed by atoms with E-state index in [1.165, 1.54) is 0 Å². The van der Waals surface area contributed by atoms with Crippen molar-refractivity contribution in [3.05, 3.63) is 45.4 Å². The molecule has 0 atom stereocenters. The van der Waals surface area contributed by atoms with E-state index in [2.05, 4.69) is 25.9 Å². The maximum Gasteiger partial charge on any atom is 0.138 e. The maximum atomic E-state index is 6.19. The van der Waals surface area contributed by atoms with Gasteiger partial charge in [-0.3, -0.25) is 0 Å². The lowest BCUT2D eigenvalue weighted by molar-refractivity contribution is 1.32. The summed E-state index contributed by atoms with van der Waals surface area (Å²) >= 11 is 9.61. The highest BCUT2D eigenvalue weighted by molar-refractivity contribution is 9.10. The van der Waals surface area contributed by atoms with Crippen molar-refractivity contribution in [3.8, 4) is 11.4 Å². The molecule has 0 spiro atoms. The average molecular weight is 337 g/mol. The molecule has 5 heteroatoms. The lowest BCUT2D eigenvalue weighted by Gasteiger charge is -2.01. The maximum absolute atomic E-state index is 6.19. The first kappa shape index (κ1) is 12.5. The van der Waals surface area contributed by atoms with Crippen molar-refractivity contribution in [2.75, 3.05) is 5.73 Å².